The molecule has 0 amide bonds. The highest BCUT2D eigenvalue weighted by Gasteiger charge is 2.41. The minimum absolute atomic E-state index is 0.831. The van der Waals surface area contributed by atoms with Crippen molar-refractivity contribution in [2.45, 2.75) is 68.8 Å². The summed E-state index contributed by atoms with van der Waals surface area (Å²) in [4.78, 5) is 5.69. The lowest BCUT2D eigenvalue weighted by Crippen LogP contribution is -2.59. The standard InChI is InChI=1S/C15H28N2S/c1-3-12-10-16-9-5-6-13(16)11-17(12)14-7-4-8-15(14)18-2/h12-15H,3-11H2,1-2H3. The van der Waals surface area contributed by atoms with Gasteiger partial charge in [-0.15, -0.1) is 0 Å². The molecule has 104 valence electrons. The van der Waals surface area contributed by atoms with Gasteiger partial charge in [0.05, 0.1) is 0 Å². The zero-order chi connectivity index (χ0) is 12.5. The van der Waals surface area contributed by atoms with Gasteiger partial charge < -0.3 is 0 Å². The lowest BCUT2D eigenvalue weighted by atomic mass is 10.0. The number of rotatable bonds is 3. The fraction of sp³-hybridized carbons (Fsp3) is 1.00. The van der Waals surface area contributed by atoms with Crippen molar-refractivity contribution in [3.05, 3.63) is 0 Å². The van der Waals surface area contributed by atoms with Gasteiger partial charge in [0.1, 0.15) is 0 Å². The molecule has 1 saturated carbocycles. The first-order chi connectivity index (χ1) is 8.83. The van der Waals surface area contributed by atoms with E-state index in [1.165, 1.54) is 58.2 Å². The van der Waals surface area contributed by atoms with Crippen molar-refractivity contribution in [1.29, 1.82) is 0 Å². The molecule has 2 nitrogen and oxygen atoms in total. The van der Waals surface area contributed by atoms with Gasteiger partial charge in [0.25, 0.3) is 0 Å². The third-order valence-corrected chi connectivity index (χ3v) is 6.61. The zero-order valence-corrected chi connectivity index (χ0v) is 12.8. The second-order valence-electron chi connectivity index (χ2n) is 6.32. The number of nitrogens with zero attached hydrogens (tertiary/aromatic N) is 2. The van der Waals surface area contributed by atoms with Crippen LogP contribution in [0.3, 0.4) is 0 Å². The minimum atomic E-state index is 0.831. The Kier molecular flexibility index (Phi) is 4.21. The van der Waals surface area contributed by atoms with Crippen molar-refractivity contribution in [1.82, 2.24) is 9.80 Å². The van der Waals surface area contributed by atoms with Crippen molar-refractivity contribution in [3.8, 4) is 0 Å². The summed E-state index contributed by atoms with van der Waals surface area (Å²) in [7, 11) is 0. The molecule has 3 aliphatic rings. The number of piperazine rings is 1. The van der Waals surface area contributed by atoms with Crippen molar-refractivity contribution in [2.24, 2.45) is 0 Å². The normalized spacial score (nSPS) is 42.3. The number of thioether (sulfide) groups is 1. The molecule has 0 spiro atoms. The molecule has 3 heteroatoms. The molecule has 3 fully saturated rings. The summed E-state index contributed by atoms with van der Waals surface area (Å²) < 4.78 is 0. The Bertz CT molecular complexity index is 284. The number of fused-ring (bicyclic) bond motifs is 1. The zero-order valence-electron chi connectivity index (χ0n) is 12.0. The SMILES string of the molecule is CCC1CN2CCCC2CN1C1CCCC1SC. The van der Waals surface area contributed by atoms with Gasteiger partial charge >= 0.3 is 0 Å². The van der Waals surface area contributed by atoms with E-state index < -0.39 is 0 Å². The van der Waals surface area contributed by atoms with E-state index in [-0.39, 0.29) is 0 Å². The van der Waals surface area contributed by atoms with Crippen LogP contribution in [0.25, 0.3) is 0 Å². The Morgan fingerprint density at radius 2 is 2.00 bits per heavy atom. The van der Waals surface area contributed by atoms with Crippen LogP contribution in [0.1, 0.15) is 45.4 Å². The Hall–Kier alpha value is 0.270. The third-order valence-electron chi connectivity index (χ3n) is 5.45. The number of hydrogen-bond donors (Lipinski definition) is 0. The molecule has 4 unspecified atom stereocenters. The highest BCUT2D eigenvalue weighted by atomic mass is 32.2. The maximum atomic E-state index is 2.92. The molecule has 0 bridgehead atoms. The van der Waals surface area contributed by atoms with Gasteiger partial charge in [-0.05, 0) is 44.9 Å². The maximum Gasteiger partial charge on any atom is 0.0224 e. The van der Waals surface area contributed by atoms with Gasteiger partial charge in [-0.1, -0.05) is 13.3 Å². The summed E-state index contributed by atoms with van der Waals surface area (Å²) in [6, 6.07) is 2.60. The summed E-state index contributed by atoms with van der Waals surface area (Å²) in [5, 5.41) is 0.909. The first-order valence-corrected chi connectivity index (χ1v) is 9.15. The first-order valence-electron chi connectivity index (χ1n) is 7.86. The molecule has 0 radical (unpaired) electrons. The minimum Gasteiger partial charge on any atom is -0.298 e. The van der Waals surface area contributed by atoms with Crippen LogP contribution < -0.4 is 0 Å². The lowest BCUT2D eigenvalue weighted by molar-refractivity contribution is 0.0215. The average molecular weight is 268 g/mol. The van der Waals surface area contributed by atoms with Crippen molar-refractivity contribution in [2.75, 3.05) is 25.9 Å². The molecule has 0 N–H and O–H groups in total. The molecule has 0 aromatic rings. The van der Waals surface area contributed by atoms with Crippen LogP contribution in [0.15, 0.2) is 0 Å². The molecule has 2 saturated heterocycles. The molecule has 0 aromatic carbocycles. The average Bonchev–Trinajstić information content (AvgIpc) is 3.04. The fourth-order valence-electron chi connectivity index (χ4n) is 4.44. The van der Waals surface area contributed by atoms with E-state index in [4.69, 9.17) is 0 Å². The van der Waals surface area contributed by atoms with E-state index in [0.717, 1.165) is 23.4 Å². The Morgan fingerprint density at radius 1 is 1.11 bits per heavy atom. The van der Waals surface area contributed by atoms with Crippen LogP contribution in [0.4, 0.5) is 0 Å². The molecular weight excluding hydrogens is 240 g/mol. The monoisotopic (exact) mass is 268 g/mol. The summed E-state index contributed by atoms with van der Waals surface area (Å²) in [5.74, 6) is 0. The van der Waals surface area contributed by atoms with Crippen LogP contribution in [0.2, 0.25) is 0 Å². The summed E-state index contributed by atoms with van der Waals surface area (Å²) in [6.07, 6.45) is 10.9. The van der Waals surface area contributed by atoms with E-state index in [1.807, 2.05) is 0 Å². The van der Waals surface area contributed by atoms with Crippen molar-refractivity contribution in [3.63, 3.8) is 0 Å². The second kappa shape index (κ2) is 5.72. The van der Waals surface area contributed by atoms with Crippen LogP contribution in [-0.2, 0) is 0 Å². The Labute approximate surface area is 116 Å². The highest BCUT2D eigenvalue weighted by Crippen LogP contribution is 2.36. The van der Waals surface area contributed by atoms with E-state index in [9.17, 15) is 0 Å². The van der Waals surface area contributed by atoms with Crippen LogP contribution in [-0.4, -0.2) is 59.1 Å². The lowest BCUT2D eigenvalue weighted by Gasteiger charge is -2.47. The second-order valence-corrected chi connectivity index (χ2v) is 7.40. The topological polar surface area (TPSA) is 6.48 Å². The van der Waals surface area contributed by atoms with E-state index in [0.29, 0.717) is 0 Å². The summed E-state index contributed by atoms with van der Waals surface area (Å²) in [5.41, 5.74) is 0. The predicted molar refractivity (Wildman–Crippen MR) is 80.3 cm³/mol. The quantitative estimate of drug-likeness (QED) is 0.777. The van der Waals surface area contributed by atoms with E-state index in [1.54, 1.807) is 0 Å². The van der Waals surface area contributed by atoms with Crippen molar-refractivity contribution < 1.29 is 0 Å². The molecule has 4 atom stereocenters. The van der Waals surface area contributed by atoms with Crippen molar-refractivity contribution >= 4 is 11.8 Å². The number of hydrogen-bond acceptors (Lipinski definition) is 3. The van der Waals surface area contributed by atoms with Crippen LogP contribution in [0, 0.1) is 0 Å². The summed E-state index contributed by atoms with van der Waals surface area (Å²) in [6.45, 7) is 6.46. The third kappa shape index (κ3) is 2.34. The smallest absolute Gasteiger partial charge is 0.0224 e. The predicted octanol–water partition coefficient (Wildman–Crippen LogP) is 2.83. The maximum absolute atomic E-state index is 2.92. The van der Waals surface area contributed by atoms with E-state index >= 15 is 0 Å². The molecule has 2 aliphatic heterocycles. The molecular formula is C15H28N2S. The van der Waals surface area contributed by atoms with Crippen LogP contribution >= 0.6 is 11.8 Å². The molecule has 3 rings (SSSR count). The molecule has 1 aliphatic carbocycles. The van der Waals surface area contributed by atoms with Gasteiger partial charge in [-0.25, -0.2) is 0 Å². The van der Waals surface area contributed by atoms with Gasteiger partial charge in [0, 0.05) is 36.5 Å². The Morgan fingerprint density at radius 3 is 2.78 bits per heavy atom. The molecule has 18 heavy (non-hydrogen) atoms. The highest BCUT2D eigenvalue weighted by molar-refractivity contribution is 7.99. The first kappa shape index (κ1) is 13.3. The fourth-order valence-corrected chi connectivity index (χ4v) is 5.45. The van der Waals surface area contributed by atoms with Gasteiger partial charge in [-0.2, -0.15) is 11.8 Å². The van der Waals surface area contributed by atoms with Crippen LogP contribution in [0.5, 0.6) is 0 Å². The summed E-state index contributed by atoms with van der Waals surface area (Å²) >= 11 is 2.12. The molecule has 2 heterocycles. The Balaban J connectivity index is 1.72. The van der Waals surface area contributed by atoms with Gasteiger partial charge in [0.15, 0.2) is 0 Å². The van der Waals surface area contributed by atoms with E-state index in [2.05, 4.69) is 34.7 Å². The van der Waals surface area contributed by atoms with Gasteiger partial charge in [-0.3, -0.25) is 9.80 Å². The largest absolute Gasteiger partial charge is 0.298 e. The van der Waals surface area contributed by atoms with Gasteiger partial charge in [0.2, 0.25) is 0 Å². The molecule has 0 aromatic heterocycles.